The molecule has 0 radical (unpaired) electrons. The molecule has 12 atom stereocenters. The first-order valence-corrected chi connectivity index (χ1v) is 20.1. The summed E-state index contributed by atoms with van der Waals surface area (Å²) in [5.41, 5.74) is -0.470. The van der Waals surface area contributed by atoms with Gasteiger partial charge in [0, 0.05) is 25.0 Å². The van der Waals surface area contributed by atoms with Gasteiger partial charge in [-0.1, -0.05) is 74.0 Å². The Morgan fingerprint density at radius 1 is 1.10 bits per heavy atom. The maximum atomic E-state index is 13.6. The van der Waals surface area contributed by atoms with Gasteiger partial charge in [0.25, 0.3) is 5.91 Å². The molecule has 2 N–H and O–H groups in total. The summed E-state index contributed by atoms with van der Waals surface area (Å²) in [5.74, 6) is 0.544. The molecule has 2 bridgehead atoms. The van der Waals surface area contributed by atoms with Crippen molar-refractivity contribution in [2.45, 2.75) is 125 Å². The Kier molecular flexibility index (Phi) is 9.98. The highest BCUT2D eigenvalue weighted by atomic mass is 16.5. The van der Waals surface area contributed by atoms with E-state index >= 15 is 0 Å². The number of rotatable bonds is 10. The zero-order valence-electron chi connectivity index (χ0n) is 34.5. The number of aliphatic carboxylic acids is 1. The number of carbonyl (C=O) groups is 2. The minimum absolute atomic E-state index is 0.174. The number of amides is 1. The summed E-state index contributed by atoms with van der Waals surface area (Å²) in [5, 5.41) is 19.5. The molecule has 5 aliphatic rings. The van der Waals surface area contributed by atoms with E-state index in [-0.39, 0.29) is 51.7 Å². The Labute approximate surface area is 313 Å². The summed E-state index contributed by atoms with van der Waals surface area (Å²) in [6, 6.07) is -0.242. The number of hydrogen-bond acceptors (Lipinski definition) is 7. The average Bonchev–Trinajstić information content (AvgIpc) is 3.56. The average molecular weight is 724 g/mol. The summed E-state index contributed by atoms with van der Waals surface area (Å²) < 4.78 is 16.1. The van der Waals surface area contributed by atoms with Crippen LogP contribution in [0, 0.1) is 62.6 Å². The minimum Gasteiger partial charge on any atom is -0.481 e. The fourth-order valence-electron chi connectivity index (χ4n) is 12.7. The second-order valence-electron chi connectivity index (χ2n) is 19.9. The molecule has 52 heavy (non-hydrogen) atoms. The molecule has 2 heterocycles. The first kappa shape index (κ1) is 39.4. The molecule has 4 aliphatic carbocycles. The highest BCUT2D eigenvalue weighted by molar-refractivity contribution is 5.90. The number of nitrogens with zero attached hydrogens (tertiary/aromatic N) is 4. The second-order valence-corrected chi connectivity index (χ2v) is 19.9. The number of aromatic nitrogens is 3. The molecular weight excluding hydrogens is 654 g/mol. The van der Waals surface area contributed by atoms with E-state index in [1.807, 2.05) is 11.7 Å². The Morgan fingerprint density at radius 3 is 2.38 bits per heavy atom. The van der Waals surface area contributed by atoms with E-state index in [1.54, 1.807) is 19.0 Å². The number of hydrogen-bond donors (Lipinski definition) is 2. The number of carbonyl (C=O) groups excluding carboxylic acids is 1. The van der Waals surface area contributed by atoms with Gasteiger partial charge in [0.05, 0.1) is 37.9 Å². The van der Waals surface area contributed by atoms with Crippen LogP contribution >= 0.6 is 0 Å². The molecule has 0 unspecified atom stereocenters. The molecule has 1 aliphatic heterocycles. The lowest BCUT2D eigenvalue weighted by Crippen LogP contribution is -2.70. The summed E-state index contributed by atoms with van der Waals surface area (Å²) in [7, 11) is 5.52. The fraction of sp³-hybridized carbons (Fsp3) is 0.857. The van der Waals surface area contributed by atoms with Gasteiger partial charge in [-0.15, -0.1) is 0 Å². The Hall–Kier alpha value is -2.30. The molecule has 6 rings (SSSR count). The van der Waals surface area contributed by atoms with Crippen molar-refractivity contribution in [2.24, 2.45) is 62.6 Å². The van der Waals surface area contributed by atoms with E-state index in [9.17, 15) is 14.7 Å². The van der Waals surface area contributed by atoms with Crippen molar-refractivity contribution in [1.29, 1.82) is 0 Å². The van der Waals surface area contributed by atoms with Crippen LogP contribution < -0.4 is 5.32 Å². The lowest BCUT2D eigenvalue weighted by atomic mass is 9.34. The van der Waals surface area contributed by atoms with E-state index in [1.165, 1.54) is 11.9 Å². The highest BCUT2D eigenvalue weighted by Gasteiger charge is 2.73. The van der Waals surface area contributed by atoms with Gasteiger partial charge < -0.3 is 24.8 Å². The van der Waals surface area contributed by atoms with Gasteiger partial charge in [0.2, 0.25) is 5.82 Å². The molecule has 10 heteroatoms. The number of carboxylic acid groups (broad SMARTS) is 1. The molecule has 1 aromatic heterocycles. The van der Waals surface area contributed by atoms with Crippen molar-refractivity contribution in [2.75, 3.05) is 41.0 Å². The molecule has 3 saturated carbocycles. The van der Waals surface area contributed by atoms with Gasteiger partial charge in [0.15, 0.2) is 0 Å². The maximum Gasteiger partial charge on any atom is 0.307 e. The van der Waals surface area contributed by atoms with Crippen LogP contribution in [0.2, 0.25) is 0 Å². The van der Waals surface area contributed by atoms with Crippen LogP contribution in [0.3, 0.4) is 0 Å². The lowest BCUT2D eigenvalue weighted by Gasteiger charge is -2.71. The second kappa shape index (κ2) is 13.2. The number of carboxylic acids is 1. The van der Waals surface area contributed by atoms with Crippen LogP contribution in [0.4, 0.5) is 0 Å². The quantitative estimate of drug-likeness (QED) is 0.245. The van der Waals surface area contributed by atoms with E-state index in [4.69, 9.17) is 14.6 Å². The van der Waals surface area contributed by atoms with Crippen LogP contribution in [-0.4, -0.2) is 89.3 Å². The standard InChI is InChI=1S/C42H69N5O5/c1-25(2)27(5)38(7)18-19-39(8)28-14-15-31-37(6)20-30(47-34(44-24-45-47)35(48)46(12)13)33(52-22-41(10,43-11)26(3)4)42(31,23-51-21-37)29(28)16-17-40(39,9)32(38)36(49)50/h16,24-28,30-33,43H,14-15,17-23H2,1-13H3,(H,49,50)/t27-,28+,30-,31-,32-,33+,37-,38-,39-,40+,41+,42+/m1/s1. The van der Waals surface area contributed by atoms with Crippen LogP contribution in [0.5, 0.6) is 0 Å². The van der Waals surface area contributed by atoms with Crippen LogP contribution in [-0.2, 0) is 14.3 Å². The molecular formula is C42H69N5O5. The third kappa shape index (κ3) is 5.41. The van der Waals surface area contributed by atoms with Gasteiger partial charge in [-0.2, -0.15) is 5.10 Å². The summed E-state index contributed by atoms with van der Waals surface area (Å²) in [6.07, 6.45) is 9.09. The minimum atomic E-state index is -0.649. The predicted octanol–water partition coefficient (Wildman–Crippen LogP) is 7.13. The van der Waals surface area contributed by atoms with Crippen molar-refractivity contribution in [3.05, 3.63) is 23.8 Å². The zero-order valence-corrected chi connectivity index (χ0v) is 34.5. The van der Waals surface area contributed by atoms with Gasteiger partial charge in [0.1, 0.15) is 6.33 Å². The Bertz CT molecular complexity index is 1570. The number of fused-ring (bicyclic) bond motifs is 3. The monoisotopic (exact) mass is 724 g/mol. The lowest BCUT2D eigenvalue weighted by molar-refractivity contribution is -0.255. The van der Waals surface area contributed by atoms with Gasteiger partial charge in [-0.05, 0) is 104 Å². The van der Waals surface area contributed by atoms with E-state index in [0.29, 0.717) is 49.8 Å². The summed E-state index contributed by atoms with van der Waals surface area (Å²) >= 11 is 0. The van der Waals surface area contributed by atoms with Crippen LogP contribution in [0.25, 0.3) is 0 Å². The molecule has 0 aromatic carbocycles. The summed E-state index contributed by atoms with van der Waals surface area (Å²) in [4.78, 5) is 33.3. The van der Waals surface area contributed by atoms with Gasteiger partial charge in [-0.25, -0.2) is 9.67 Å². The van der Waals surface area contributed by atoms with E-state index < -0.39 is 22.7 Å². The van der Waals surface area contributed by atoms with Crippen molar-refractivity contribution in [1.82, 2.24) is 25.0 Å². The largest absolute Gasteiger partial charge is 0.481 e. The molecule has 10 nitrogen and oxygen atoms in total. The number of likely N-dealkylation sites (N-methyl/N-ethyl adjacent to an activating group) is 1. The first-order valence-electron chi connectivity index (χ1n) is 20.1. The normalized spacial score (nSPS) is 41.7. The predicted molar refractivity (Wildman–Crippen MR) is 203 cm³/mol. The topological polar surface area (TPSA) is 119 Å². The molecule has 4 fully saturated rings. The Morgan fingerprint density at radius 2 is 1.79 bits per heavy atom. The third-order valence-corrected chi connectivity index (χ3v) is 16.9. The fourth-order valence-corrected chi connectivity index (χ4v) is 12.7. The van der Waals surface area contributed by atoms with Crippen LogP contribution in [0.15, 0.2) is 18.0 Å². The number of ether oxygens (including phenoxy) is 2. The SMILES string of the molecule is CN[C@@](C)(CO[C@H]1[C@H](n2ncnc2C(=O)N(C)C)C[C@]2(C)COC[C@@]13C1=CC[C@@]4(C)[C@H](C(=O)O)[C@@](C)([C@H](C)C(C)C)CC[C@]4(C)[C@H]1CC[C@H]23)C(C)C. The first-order chi connectivity index (χ1) is 24.2. The third-order valence-electron chi connectivity index (χ3n) is 16.9. The van der Waals surface area contributed by atoms with Crippen LogP contribution in [0.1, 0.15) is 124 Å². The van der Waals surface area contributed by atoms with Crippen molar-refractivity contribution in [3.8, 4) is 0 Å². The van der Waals surface area contributed by atoms with Gasteiger partial charge in [-0.3, -0.25) is 9.59 Å². The molecule has 1 saturated heterocycles. The molecule has 1 aromatic rings. The zero-order chi connectivity index (χ0) is 38.4. The molecule has 292 valence electrons. The van der Waals surface area contributed by atoms with E-state index in [2.05, 4.69) is 85.6 Å². The highest BCUT2D eigenvalue weighted by Crippen LogP contribution is 2.75. The van der Waals surface area contributed by atoms with E-state index in [0.717, 1.165) is 32.1 Å². The van der Waals surface area contributed by atoms with Gasteiger partial charge >= 0.3 is 5.97 Å². The molecule has 1 amide bonds. The number of nitrogens with one attached hydrogen (secondary N) is 1. The van der Waals surface area contributed by atoms with Crippen molar-refractivity contribution < 1.29 is 24.2 Å². The van der Waals surface area contributed by atoms with Crippen molar-refractivity contribution >= 4 is 11.9 Å². The molecule has 0 spiro atoms. The number of allylic oxidation sites excluding steroid dienone is 1. The smallest absolute Gasteiger partial charge is 0.307 e. The van der Waals surface area contributed by atoms with Crippen molar-refractivity contribution in [3.63, 3.8) is 0 Å². The summed E-state index contributed by atoms with van der Waals surface area (Å²) in [6.45, 7) is 24.5. The maximum absolute atomic E-state index is 13.6. The Balaban J connectivity index is 1.54.